The number of benzene rings is 2. The van der Waals surface area contributed by atoms with Gasteiger partial charge in [0.05, 0.1) is 0 Å². The van der Waals surface area contributed by atoms with Crippen molar-refractivity contribution >= 4 is 5.69 Å². The number of nitrogens with two attached hydrogens (primary N) is 1. The second-order valence-electron chi connectivity index (χ2n) is 6.51. The Hall–Kier alpha value is -1.80. The Bertz CT molecular complexity index is 604. The first kappa shape index (κ1) is 16.6. The van der Waals surface area contributed by atoms with Gasteiger partial charge >= 0.3 is 0 Å². The molecule has 1 atom stereocenters. The zero-order valence-corrected chi connectivity index (χ0v) is 14.5. The maximum absolute atomic E-state index is 6.10. The van der Waals surface area contributed by atoms with Crippen LogP contribution in [0.5, 0.6) is 0 Å². The molecular weight excluding hydrogens is 268 g/mol. The van der Waals surface area contributed by atoms with Crippen LogP contribution < -0.4 is 10.6 Å². The fourth-order valence-corrected chi connectivity index (χ4v) is 3.35. The molecule has 0 spiro atoms. The molecule has 0 radical (unpaired) electrons. The molecule has 0 fully saturated rings. The second kappa shape index (κ2) is 6.97. The molecule has 2 heteroatoms. The SMILES string of the molecule is Cc1cc(C)c(C(CN)Cc2ccc(N(C)C)cc2)c(C)c1. The first-order chi connectivity index (χ1) is 10.4. The van der Waals surface area contributed by atoms with Gasteiger partial charge in [-0.2, -0.15) is 0 Å². The number of aryl methyl sites for hydroxylation is 3. The van der Waals surface area contributed by atoms with Gasteiger partial charge in [-0.1, -0.05) is 29.8 Å². The van der Waals surface area contributed by atoms with Gasteiger partial charge in [0, 0.05) is 25.7 Å². The third-order valence-corrected chi connectivity index (χ3v) is 4.37. The minimum absolute atomic E-state index is 0.380. The molecule has 2 aromatic carbocycles. The monoisotopic (exact) mass is 296 g/mol. The van der Waals surface area contributed by atoms with Crippen molar-refractivity contribution in [3.8, 4) is 0 Å². The van der Waals surface area contributed by atoms with Crippen LogP contribution in [0.3, 0.4) is 0 Å². The lowest BCUT2D eigenvalue weighted by molar-refractivity contribution is 0.685. The van der Waals surface area contributed by atoms with Crippen LogP contribution in [0.2, 0.25) is 0 Å². The first-order valence-electron chi connectivity index (χ1n) is 7.96. The van der Waals surface area contributed by atoms with E-state index in [1.165, 1.54) is 33.5 Å². The summed E-state index contributed by atoms with van der Waals surface area (Å²) >= 11 is 0. The van der Waals surface area contributed by atoms with E-state index in [4.69, 9.17) is 5.73 Å². The van der Waals surface area contributed by atoms with Crippen molar-refractivity contribution in [3.63, 3.8) is 0 Å². The average molecular weight is 296 g/mol. The summed E-state index contributed by atoms with van der Waals surface area (Å²) in [5, 5.41) is 0. The van der Waals surface area contributed by atoms with Gasteiger partial charge in [0.1, 0.15) is 0 Å². The molecule has 0 aromatic heterocycles. The van der Waals surface area contributed by atoms with E-state index < -0.39 is 0 Å². The van der Waals surface area contributed by atoms with Gasteiger partial charge in [-0.05, 0) is 68.1 Å². The highest BCUT2D eigenvalue weighted by molar-refractivity contribution is 5.47. The van der Waals surface area contributed by atoms with E-state index in [-0.39, 0.29) is 0 Å². The van der Waals surface area contributed by atoms with Gasteiger partial charge in [0.15, 0.2) is 0 Å². The maximum atomic E-state index is 6.10. The van der Waals surface area contributed by atoms with Crippen LogP contribution in [0.25, 0.3) is 0 Å². The molecule has 1 unspecified atom stereocenters. The van der Waals surface area contributed by atoms with E-state index in [1.807, 2.05) is 0 Å². The largest absolute Gasteiger partial charge is 0.378 e. The van der Waals surface area contributed by atoms with Crippen molar-refractivity contribution < 1.29 is 0 Å². The molecular formula is C20H28N2. The van der Waals surface area contributed by atoms with E-state index in [9.17, 15) is 0 Å². The van der Waals surface area contributed by atoms with Crippen LogP contribution >= 0.6 is 0 Å². The van der Waals surface area contributed by atoms with Crippen LogP contribution in [0.4, 0.5) is 5.69 Å². The van der Waals surface area contributed by atoms with Crippen LogP contribution in [0.1, 0.15) is 33.7 Å². The van der Waals surface area contributed by atoms with Crippen molar-refractivity contribution in [2.75, 3.05) is 25.5 Å². The molecule has 0 amide bonds. The van der Waals surface area contributed by atoms with E-state index in [2.05, 4.69) is 76.2 Å². The highest BCUT2D eigenvalue weighted by Gasteiger charge is 2.16. The molecule has 2 rings (SSSR count). The molecule has 22 heavy (non-hydrogen) atoms. The summed E-state index contributed by atoms with van der Waals surface area (Å²) in [5.74, 6) is 0.380. The van der Waals surface area contributed by atoms with E-state index in [1.54, 1.807) is 0 Å². The topological polar surface area (TPSA) is 29.3 Å². The zero-order chi connectivity index (χ0) is 16.3. The fraction of sp³-hybridized carbons (Fsp3) is 0.400. The van der Waals surface area contributed by atoms with Gasteiger partial charge < -0.3 is 10.6 Å². The Morgan fingerprint density at radius 2 is 1.50 bits per heavy atom. The van der Waals surface area contributed by atoms with E-state index in [0.717, 1.165) is 6.42 Å². The molecule has 2 nitrogen and oxygen atoms in total. The predicted octanol–water partition coefficient (Wildman–Crippen LogP) is 3.96. The molecule has 0 aliphatic carbocycles. The summed E-state index contributed by atoms with van der Waals surface area (Å²) in [6, 6.07) is 13.3. The van der Waals surface area contributed by atoms with Crippen molar-refractivity contribution in [1.29, 1.82) is 0 Å². The molecule has 0 saturated carbocycles. The quantitative estimate of drug-likeness (QED) is 0.905. The minimum atomic E-state index is 0.380. The van der Waals surface area contributed by atoms with Crippen molar-refractivity contribution in [2.24, 2.45) is 5.73 Å². The van der Waals surface area contributed by atoms with Crippen LogP contribution in [-0.4, -0.2) is 20.6 Å². The van der Waals surface area contributed by atoms with Gasteiger partial charge in [0.2, 0.25) is 0 Å². The molecule has 2 aromatic rings. The number of rotatable bonds is 5. The normalized spacial score (nSPS) is 12.3. The van der Waals surface area contributed by atoms with Crippen molar-refractivity contribution in [2.45, 2.75) is 33.1 Å². The molecule has 2 N–H and O–H groups in total. The number of anilines is 1. The lowest BCUT2D eigenvalue weighted by atomic mass is 9.85. The molecule has 0 aliphatic rings. The number of nitrogens with zero attached hydrogens (tertiary/aromatic N) is 1. The third-order valence-electron chi connectivity index (χ3n) is 4.37. The predicted molar refractivity (Wildman–Crippen MR) is 96.9 cm³/mol. The standard InChI is InChI=1S/C20H28N2/c1-14-10-15(2)20(16(3)11-14)18(13-21)12-17-6-8-19(9-7-17)22(4)5/h6-11,18H,12-13,21H2,1-5H3. The second-order valence-corrected chi connectivity index (χ2v) is 6.51. The summed E-state index contributed by atoms with van der Waals surface area (Å²) in [7, 11) is 4.13. The van der Waals surface area contributed by atoms with Gasteiger partial charge in [-0.15, -0.1) is 0 Å². The number of hydrogen-bond donors (Lipinski definition) is 1. The Kier molecular flexibility index (Phi) is 5.25. The molecule has 0 bridgehead atoms. The van der Waals surface area contributed by atoms with Crippen LogP contribution in [0.15, 0.2) is 36.4 Å². The van der Waals surface area contributed by atoms with E-state index in [0.29, 0.717) is 12.5 Å². The van der Waals surface area contributed by atoms with Gasteiger partial charge in [-0.3, -0.25) is 0 Å². The average Bonchev–Trinajstić information content (AvgIpc) is 2.45. The highest BCUT2D eigenvalue weighted by Crippen LogP contribution is 2.28. The summed E-state index contributed by atoms with van der Waals surface area (Å²) < 4.78 is 0. The maximum Gasteiger partial charge on any atom is 0.0361 e. The summed E-state index contributed by atoms with van der Waals surface area (Å²) in [6.07, 6.45) is 0.995. The Labute approximate surface area is 135 Å². The van der Waals surface area contributed by atoms with Gasteiger partial charge in [0.25, 0.3) is 0 Å². The Balaban J connectivity index is 2.26. The molecule has 0 aliphatic heterocycles. The lowest BCUT2D eigenvalue weighted by Crippen LogP contribution is -2.17. The van der Waals surface area contributed by atoms with Crippen molar-refractivity contribution in [3.05, 3.63) is 64.2 Å². The van der Waals surface area contributed by atoms with Gasteiger partial charge in [-0.25, -0.2) is 0 Å². The van der Waals surface area contributed by atoms with Crippen LogP contribution in [-0.2, 0) is 6.42 Å². The molecule has 0 heterocycles. The zero-order valence-electron chi connectivity index (χ0n) is 14.5. The van der Waals surface area contributed by atoms with Crippen molar-refractivity contribution in [1.82, 2.24) is 0 Å². The third kappa shape index (κ3) is 3.69. The lowest BCUT2D eigenvalue weighted by Gasteiger charge is -2.21. The smallest absolute Gasteiger partial charge is 0.0361 e. The van der Waals surface area contributed by atoms with E-state index >= 15 is 0 Å². The minimum Gasteiger partial charge on any atom is -0.378 e. The Morgan fingerprint density at radius 1 is 0.955 bits per heavy atom. The molecule has 0 saturated heterocycles. The summed E-state index contributed by atoms with van der Waals surface area (Å²) in [5.41, 5.74) is 14.1. The summed E-state index contributed by atoms with van der Waals surface area (Å²) in [4.78, 5) is 2.12. The van der Waals surface area contributed by atoms with Crippen LogP contribution in [0, 0.1) is 20.8 Å². The number of hydrogen-bond acceptors (Lipinski definition) is 2. The summed E-state index contributed by atoms with van der Waals surface area (Å²) in [6.45, 7) is 7.24. The fourth-order valence-electron chi connectivity index (χ4n) is 3.35. The first-order valence-corrected chi connectivity index (χ1v) is 7.96. The Morgan fingerprint density at radius 3 is 1.95 bits per heavy atom. The highest BCUT2D eigenvalue weighted by atomic mass is 15.1. The molecule has 118 valence electrons.